The third kappa shape index (κ3) is 3.82. The van der Waals surface area contributed by atoms with Crippen LogP contribution >= 0.6 is 0 Å². The van der Waals surface area contributed by atoms with Gasteiger partial charge < -0.3 is 14.7 Å². The van der Waals surface area contributed by atoms with E-state index in [0.717, 1.165) is 6.42 Å². The van der Waals surface area contributed by atoms with Crippen molar-refractivity contribution in [2.75, 3.05) is 13.1 Å². The Hall–Kier alpha value is -1.78. The molecule has 0 aromatic rings. The molecule has 2 unspecified atom stereocenters. The molecule has 1 saturated heterocycles. The maximum Gasteiger partial charge on any atom is 0.414 e. The fourth-order valence-electron chi connectivity index (χ4n) is 4.62. The standard InChI is InChI=1S/C19H29NO4/c1-5-14(18(21)22)7-8-15-16-10-20(19(23)24-6-2)11-17(15)13(4)9-12(16)3/h6-7,12-13,15-17H,2,5,8-11H2,1,3-4H3,(H,21,22)/t12-,13-,15?,16?,17?/m1/s1. The van der Waals surface area contributed by atoms with Gasteiger partial charge in [-0.3, -0.25) is 0 Å². The summed E-state index contributed by atoms with van der Waals surface area (Å²) in [6.07, 6.45) is 5.24. The molecule has 2 fully saturated rings. The van der Waals surface area contributed by atoms with Gasteiger partial charge in [0.15, 0.2) is 0 Å². The zero-order valence-corrected chi connectivity index (χ0v) is 14.9. The molecule has 1 saturated carbocycles. The van der Waals surface area contributed by atoms with E-state index >= 15 is 0 Å². The summed E-state index contributed by atoms with van der Waals surface area (Å²) in [5.74, 6) is 1.42. The van der Waals surface area contributed by atoms with Crippen molar-refractivity contribution in [3.8, 4) is 0 Å². The van der Waals surface area contributed by atoms with Gasteiger partial charge in [-0.2, -0.15) is 0 Å². The number of carbonyl (C=O) groups is 2. The number of likely N-dealkylation sites (tertiary alicyclic amines) is 1. The van der Waals surface area contributed by atoms with E-state index in [4.69, 9.17) is 4.74 Å². The second-order valence-electron chi connectivity index (χ2n) is 7.26. The number of rotatable bonds is 5. The number of piperidine rings is 1. The molecule has 0 radical (unpaired) electrons. The third-order valence-electron chi connectivity index (χ3n) is 5.90. The lowest BCUT2D eigenvalue weighted by atomic mass is 9.59. The molecule has 1 N–H and O–H groups in total. The topological polar surface area (TPSA) is 66.8 Å². The minimum atomic E-state index is -0.823. The number of ether oxygens (including phenoxy) is 1. The molecule has 4 atom stereocenters. The van der Waals surface area contributed by atoms with E-state index < -0.39 is 5.97 Å². The predicted octanol–water partition coefficient (Wildman–Crippen LogP) is 3.92. The van der Waals surface area contributed by atoms with E-state index in [1.165, 1.54) is 12.7 Å². The van der Waals surface area contributed by atoms with Gasteiger partial charge in [-0.1, -0.05) is 33.4 Å². The van der Waals surface area contributed by atoms with Crippen molar-refractivity contribution in [2.24, 2.45) is 29.6 Å². The molecule has 0 aromatic heterocycles. The van der Waals surface area contributed by atoms with Crippen LogP contribution in [0.15, 0.2) is 24.5 Å². The monoisotopic (exact) mass is 335 g/mol. The molecule has 0 aromatic carbocycles. The molecule has 2 bridgehead atoms. The number of carboxylic acid groups (broad SMARTS) is 1. The van der Waals surface area contributed by atoms with E-state index in [2.05, 4.69) is 20.4 Å². The summed E-state index contributed by atoms with van der Waals surface area (Å²) >= 11 is 0. The Balaban J connectivity index is 2.18. The quantitative estimate of drug-likeness (QED) is 0.611. The Morgan fingerprint density at radius 1 is 1.25 bits per heavy atom. The molecule has 2 aliphatic rings. The van der Waals surface area contributed by atoms with Crippen molar-refractivity contribution in [3.63, 3.8) is 0 Å². The van der Waals surface area contributed by atoms with E-state index in [1.54, 1.807) is 4.90 Å². The van der Waals surface area contributed by atoms with Gasteiger partial charge in [-0.25, -0.2) is 9.59 Å². The molecule has 134 valence electrons. The highest BCUT2D eigenvalue weighted by Gasteiger charge is 2.46. The van der Waals surface area contributed by atoms with Gasteiger partial charge in [-0.05, 0) is 48.9 Å². The fourth-order valence-corrected chi connectivity index (χ4v) is 4.62. The summed E-state index contributed by atoms with van der Waals surface area (Å²) in [6.45, 7) is 11.2. The van der Waals surface area contributed by atoms with Crippen molar-refractivity contribution in [1.82, 2.24) is 4.90 Å². The average Bonchev–Trinajstić information content (AvgIpc) is 2.53. The second kappa shape index (κ2) is 7.86. The summed E-state index contributed by atoms with van der Waals surface area (Å²) in [6, 6.07) is 0. The number of nitrogens with zero attached hydrogens (tertiary/aromatic N) is 1. The van der Waals surface area contributed by atoms with Crippen LogP contribution in [-0.2, 0) is 9.53 Å². The van der Waals surface area contributed by atoms with Crippen LogP contribution in [0.4, 0.5) is 4.79 Å². The van der Waals surface area contributed by atoms with Crippen LogP contribution in [0, 0.1) is 29.6 Å². The van der Waals surface area contributed by atoms with Gasteiger partial charge in [0.25, 0.3) is 0 Å². The van der Waals surface area contributed by atoms with Gasteiger partial charge in [0.05, 0.1) is 6.26 Å². The maximum absolute atomic E-state index is 12.1. The fraction of sp³-hybridized carbons (Fsp3) is 0.684. The first-order chi connectivity index (χ1) is 11.4. The number of amides is 1. The lowest BCUT2D eigenvalue weighted by Crippen LogP contribution is -2.55. The molecule has 5 heteroatoms. The summed E-state index contributed by atoms with van der Waals surface area (Å²) in [7, 11) is 0. The van der Waals surface area contributed by atoms with Gasteiger partial charge in [-0.15, -0.1) is 0 Å². The third-order valence-corrected chi connectivity index (χ3v) is 5.90. The van der Waals surface area contributed by atoms with Crippen molar-refractivity contribution < 1.29 is 19.4 Å². The molecular formula is C19H29NO4. The van der Waals surface area contributed by atoms with Crippen molar-refractivity contribution in [3.05, 3.63) is 24.5 Å². The Labute approximate surface area is 144 Å². The first-order valence-corrected chi connectivity index (χ1v) is 8.87. The Kier molecular flexibility index (Phi) is 6.08. The smallest absolute Gasteiger partial charge is 0.414 e. The Morgan fingerprint density at radius 2 is 1.83 bits per heavy atom. The molecule has 1 amide bonds. The largest absolute Gasteiger partial charge is 0.478 e. The number of carbonyl (C=O) groups excluding carboxylic acids is 1. The number of aliphatic carboxylic acids is 1. The van der Waals surface area contributed by atoms with Gasteiger partial charge in [0.1, 0.15) is 0 Å². The first-order valence-electron chi connectivity index (χ1n) is 8.87. The van der Waals surface area contributed by atoms with E-state index in [0.29, 0.717) is 54.7 Å². The number of allylic oxidation sites excluding steroid dienone is 1. The van der Waals surface area contributed by atoms with Crippen LogP contribution in [0.2, 0.25) is 0 Å². The summed E-state index contributed by atoms with van der Waals surface area (Å²) in [4.78, 5) is 25.1. The minimum Gasteiger partial charge on any atom is -0.478 e. The lowest BCUT2D eigenvalue weighted by Gasteiger charge is -2.52. The van der Waals surface area contributed by atoms with Crippen LogP contribution in [0.3, 0.4) is 0 Å². The van der Waals surface area contributed by atoms with Crippen LogP contribution in [-0.4, -0.2) is 35.2 Å². The number of carboxylic acids is 1. The minimum absolute atomic E-state index is 0.324. The highest BCUT2D eigenvalue weighted by molar-refractivity contribution is 5.86. The molecule has 1 heterocycles. The van der Waals surface area contributed by atoms with E-state index in [1.807, 2.05) is 13.0 Å². The first kappa shape index (κ1) is 18.6. The predicted molar refractivity (Wildman–Crippen MR) is 92.3 cm³/mol. The normalized spacial score (nSPS) is 33.0. The zero-order valence-electron chi connectivity index (χ0n) is 14.9. The summed E-state index contributed by atoms with van der Waals surface area (Å²) in [5.41, 5.74) is 0.488. The molecule has 2 rings (SSSR count). The highest BCUT2D eigenvalue weighted by atomic mass is 16.5. The maximum atomic E-state index is 12.1. The van der Waals surface area contributed by atoms with Crippen LogP contribution in [0.5, 0.6) is 0 Å². The Bertz CT molecular complexity index is 509. The Morgan fingerprint density at radius 3 is 2.29 bits per heavy atom. The SMILES string of the molecule is C=COC(=O)N1CC2C(CC=C(CC)C(=O)O)C(C1)[C@H](C)C[C@H]2C. The van der Waals surface area contributed by atoms with Crippen molar-refractivity contribution >= 4 is 12.1 Å². The van der Waals surface area contributed by atoms with Gasteiger partial charge in [0, 0.05) is 18.7 Å². The molecule has 24 heavy (non-hydrogen) atoms. The van der Waals surface area contributed by atoms with Gasteiger partial charge >= 0.3 is 12.1 Å². The second-order valence-corrected chi connectivity index (χ2v) is 7.26. The average molecular weight is 335 g/mol. The summed E-state index contributed by atoms with van der Waals surface area (Å²) in [5, 5.41) is 9.24. The number of fused-ring (bicyclic) bond motifs is 2. The van der Waals surface area contributed by atoms with Crippen LogP contribution in [0.25, 0.3) is 0 Å². The van der Waals surface area contributed by atoms with Crippen molar-refractivity contribution in [2.45, 2.75) is 40.0 Å². The lowest BCUT2D eigenvalue weighted by molar-refractivity contribution is -0.132. The van der Waals surface area contributed by atoms with E-state index in [-0.39, 0.29) is 6.09 Å². The summed E-state index contributed by atoms with van der Waals surface area (Å²) < 4.78 is 4.96. The van der Waals surface area contributed by atoms with Gasteiger partial charge in [0.2, 0.25) is 0 Å². The molecule has 5 nitrogen and oxygen atoms in total. The van der Waals surface area contributed by atoms with E-state index in [9.17, 15) is 14.7 Å². The van der Waals surface area contributed by atoms with Crippen LogP contribution in [0.1, 0.15) is 40.0 Å². The molecule has 1 aliphatic heterocycles. The zero-order chi connectivity index (χ0) is 17.9. The molecule has 0 spiro atoms. The number of hydrogen-bond donors (Lipinski definition) is 1. The highest BCUT2D eigenvalue weighted by Crippen LogP contribution is 2.47. The van der Waals surface area contributed by atoms with Crippen LogP contribution < -0.4 is 0 Å². The number of hydrogen-bond acceptors (Lipinski definition) is 3. The molecule has 1 aliphatic carbocycles. The van der Waals surface area contributed by atoms with Crippen molar-refractivity contribution in [1.29, 1.82) is 0 Å². The molecular weight excluding hydrogens is 306 g/mol.